The summed E-state index contributed by atoms with van der Waals surface area (Å²) in [4.78, 5) is 16.2. The van der Waals surface area contributed by atoms with E-state index >= 15 is 0 Å². The fourth-order valence-electron chi connectivity index (χ4n) is 3.16. The van der Waals surface area contributed by atoms with Crippen LogP contribution in [0.1, 0.15) is 5.56 Å². The molecule has 0 atom stereocenters. The third kappa shape index (κ3) is 4.84. The summed E-state index contributed by atoms with van der Waals surface area (Å²) < 4.78 is 10.6. The average molecular weight is 390 g/mol. The van der Waals surface area contributed by atoms with Crippen LogP contribution in [0.2, 0.25) is 5.02 Å². The average Bonchev–Trinajstić information content (AvgIpc) is 2.69. The fourth-order valence-corrected chi connectivity index (χ4v) is 3.42. The predicted molar refractivity (Wildman–Crippen MR) is 107 cm³/mol. The molecule has 0 aromatic heterocycles. The minimum absolute atomic E-state index is 0.420. The van der Waals surface area contributed by atoms with Crippen LogP contribution in [0.5, 0.6) is 11.5 Å². The van der Waals surface area contributed by atoms with Gasteiger partial charge in [0.05, 0.1) is 17.8 Å². The van der Waals surface area contributed by atoms with Crippen molar-refractivity contribution >= 4 is 23.4 Å². The van der Waals surface area contributed by atoms with E-state index in [1.54, 1.807) is 7.11 Å². The summed E-state index contributed by atoms with van der Waals surface area (Å²) in [7, 11) is 3.08. The molecule has 0 saturated carbocycles. The summed E-state index contributed by atoms with van der Waals surface area (Å²) in [6.07, 6.45) is -0.515. The summed E-state index contributed by atoms with van der Waals surface area (Å²) in [5, 5.41) is 3.24. The second-order valence-corrected chi connectivity index (χ2v) is 6.75. The van der Waals surface area contributed by atoms with Crippen LogP contribution in [-0.4, -0.2) is 51.3 Å². The molecule has 27 heavy (non-hydrogen) atoms. The van der Waals surface area contributed by atoms with Crippen LogP contribution in [0, 0.1) is 0 Å². The minimum Gasteiger partial charge on any atom is -0.493 e. The van der Waals surface area contributed by atoms with Gasteiger partial charge in [-0.25, -0.2) is 4.79 Å². The van der Waals surface area contributed by atoms with Gasteiger partial charge < -0.3 is 19.7 Å². The number of methoxy groups -OCH3 is 1. The van der Waals surface area contributed by atoms with Crippen LogP contribution in [-0.2, 0) is 6.54 Å². The molecule has 144 valence electrons. The number of carbonyl (C=O) groups is 1. The quantitative estimate of drug-likeness (QED) is 0.849. The van der Waals surface area contributed by atoms with Crippen molar-refractivity contribution in [3.8, 4) is 11.5 Å². The van der Waals surface area contributed by atoms with Gasteiger partial charge in [0.1, 0.15) is 0 Å². The number of rotatable bonds is 5. The summed E-state index contributed by atoms with van der Waals surface area (Å²) in [6, 6.07) is 13.6. The molecule has 3 rings (SSSR count). The van der Waals surface area contributed by atoms with Gasteiger partial charge in [0.25, 0.3) is 0 Å². The fraction of sp³-hybridized carbons (Fsp3) is 0.350. The molecule has 1 fully saturated rings. The predicted octanol–water partition coefficient (Wildman–Crippen LogP) is 3.39. The molecule has 0 aliphatic carbocycles. The molecule has 2 aromatic carbocycles. The third-order valence-corrected chi connectivity index (χ3v) is 4.93. The van der Waals surface area contributed by atoms with Crippen molar-refractivity contribution in [1.29, 1.82) is 0 Å². The van der Waals surface area contributed by atoms with Crippen molar-refractivity contribution in [3.05, 3.63) is 53.1 Å². The first-order valence-electron chi connectivity index (χ1n) is 8.89. The van der Waals surface area contributed by atoms with Crippen molar-refractivity contribution in [1.82, 2.24) is 10.2 Å². The number of halogens is 1. The number of nitrogens with zero attached hydrogens (tertiary/aromatic N) is 2. The lowest BCUT2D eigenvalue weighted by atomic mass is 10.1. The normalized spacial score (nSPS) is 14.7. The van der Waals surface area contributed by atoms with E-state index in [-0.39, 0.29) is 0 Å². The molecule has 0 unspecified atom stereocenters. The number of hydrogen-bond donors (Lipinski definition) is 1. The Morgan fingerprint density at radius 2 is 1.85 bits per heavy atom. The Hall–Kier alpha value is -2.44. The zero-order chi connectivity index (χ0) is 19.2. The molecular weight excluding hydrogens is 366 g/mol. The third-order valence-electron chi connectivity index (χ3n) is 4.61. The van der Waals surface area contributed by atoms with Gasteiger partial charge in [-0.1, -0.05) is 29.8 Å². The molecular formula is C20H24ClN3O3. The van der Waals surface area contributed by atoms with Crippen molar-refractivity contribution in [2.75, 3.05) is 45.2 Å². The monoisotopic (exact) mass is 389 g/mol. The number of amides is 1. The zero-order valence-electron chi connectivity index (χ0n) is 15.6. The first-order valence-corrected chi connectivity index (χ1v) is 9.27. The SMILES string of the molecule is CNC(=O)Oc1cc(CN2CCN(c3ccccc3Cl)CC2)ccc1OC. The van der Waals surface area contributed by atoms with Crippen LogP contribution in [0.3, 0.4) is 0 Å². The first kappa shape index (κ1) is 19.3. The van der Waals surface area contributed by atoms with Gasteiger partial charge in [0.15, 0.2) is 11.5 Å². The van der Waals surface area contributed by atoms with Gasteiger partial charge in [-0.05, 0) is 29.8 Å². The van der Waals surface area contributed by atoms with Gasteiger partial charge >= 0.3 is 6.09 Å². The molecule has 1 aliphatic rings. The Labute approximate surface area is 164 Å². The number of para-hydroxylation sites is 1. The Balaban J connectivity index is 1.62. The largest absolute Gasteiger partial charge is 0.493 e. The first-order chi connectivity index (χ1) is 13.1. The molecule has 0 spiro atoms. The number of carbonyl (C=O) groups excluding carboxylic acids is 1. The summed E-state index contributed by atoms with van der Waals surface area (Å²) in [6.45, 7) is 4.49. The van der Waals surface area contributed by atoms with Crippen molar-refractivity contribution in [2.24, 2.45) is 0 Å². The second kappa shape index (κ2) is 8.97. The number of hydrogen-bond acceptors (Lipinski definition) is 5. The van der Waals surface area contributed by atoms with Gasteiger partial charge in [0, 0.05) is 39.8 Å². The van der Waals surface area contributed by atoms with Crippen LogP contribution < -0.4 is 19.7 Å². The maximum absolute atomic E-state index is 11.5. The van der Waals surface area contributed by atoms with Crippen molar-refractivity contribution in [3.63, 3.8) is 0 Å². The highest BCUT2D eigenvalue weighted by Crippen LogP contribution is 2.29. The minimum atomic E-state index is -0.515. The number of anilines is 1. The van der Waals surface area contributed by atoms with Gasteiger partial charge in [-0.3, -0.25) is 4.90 Å². The lowest BCUT2D eigenvalue weighted by Crippen LogP contribution is -2.46. The molecule has 2 aromatic rings. The van der Waals surface area contributed by atoms with Crippen LogP contribution in [0.25, 0.3) is 0 Å². The van der Waals surface area contributed by atoms with Crippen molar-refractivity contribution in [2.45, 2.75) is 6.54 Å². The highest BCUT2D eigenvalue weighted by Gasteiger charge is 2.19. The van der Waals surface area contributed by atoms with E-state index in [1.807, 2.05) is 36.4 Å². The Bertz CT molecular complexity index is 792. The number of ether oxygens (including phenoxy) is 2. The number of benzene rings is 2. The maximum Gasteiger partial charge on any atom is 0.412 e. The van der Waals surface area contributed by atoms with E-state index < -0.39 is 6.09 Å². The van der Waals surface area contributed by atoms with E-state index in [1.165, 1.54) is 7.05 Å². The molecule has 1 heterocycles. The van der Waals surface area contributed by atoms with E-state index in [0.717, 1.165) is 49.0 Å². The Kier molecular flexibility index (Phi) is 6.42. The van der Waals surface area contributed by atoms with E-state index in [4.69, 9.17) is 21.1 Å². The van der Waals surface area contributed by atoms with Crippen LogP contribution in [0.15, 0.2) is 42.5 Å². The molecule has 1 amide bonds. The molecule has 1 saturated heterocycles. The Morgan fingerprint density at radius 3 is 2.52 bits per heavy atom. The smallest absolute Gasteiger partial charge is 0.412 e. The van der Waals surface area contributed by atoms with E-state index in [9.17, 15) is 4.79 Å². The van der Waals surface area contributed by atoms with Gasteiger partial charge in [-0.15, -0.1) is 0 Å². The summed E-state index contributed by atoms with van der Waals surface area (Å²) in [5.74, 6) is 0.954. The summed E-state index contributed by atoms with van der Waals surface area (Å²) >= 11 is 6.31. The van der Waals surface area contributed by atoms with Crippen LogP contribution in [0.4, 0.5) is 10.5 Å². The highest BCUT2D eigenvalue weighted by molar-refractivity contribution is 6.33. The molecule has 1 aliphatic heterocycles. The number of nitrogens with one attached hydrogen (secondary N) is 1. The maximum atomic E-state index is 11.5. The van der Waals surface area contributed by atoms with Crippen LogP contribution >= 0.6 is 11.6 Å². The van der Waals surface area contributed by atoms with Gasteiger partial charge in [0.2, 0.25) is 0 Å². The molecule has 0 bridgehead atoms. The number of piperazine rings is 1. The zero-order valence-corrected chi connectivity index (χ0v) is 16.3. The lowest BCUT2D eigenvalue weighted by Gasteiger charge is -2.36. The van der Waals surface area contributed by atoms with Crippen molar-refractivity contribution < 1.29 is 14.3 Å². The summed E-state index contributed by atoms with van der Waals surface area (Å²) in [5.41, 5.74) is 2.16. The second-order valence-electron chi connectivity index (χ2n) is 6.34. The molecule has 6 nitrogen and oxygen atoms in total. The molecule has 1 N–H and O–H groups in total. The standard InChI is InChI=1S/C20H24ClN3O3/c1-22-20(25)27-19-13-15(7-8-18(19)26-2)14-23-9-11-24(12-10-23)17-6-4-3-5-16(17)21/h3-8,13H,9-12,14H2,1-2H3,(H,22,25). The molecule has 7 heteroatoms. The molecule has 0 radical (unpaired) electrons. The van der Waals surface area contributed by atoms with Gasteiger partial charge in [-0.2, -0.15) is 0 Å². The lowest BCUT2D eigenvalue weighted by molar-refractivity contribution is 0.200. The Morgan fingerprint density at radius 1 is 1.11 bits per heavy atom. The highest BCUT2D eigenvalue weighted by atomic mass is 35.5. The van der Waals surface area contributed by atoms with E-state index in [0.29, 0.717) is 11.5 Å². The van der Waals surface area contributed by atoms with E-state index in [2.05, 4.69) is 21.2 Å². The topological polar surface area (TPSA) is 54.0 Å².